The second-order valence-corrected chi connectivity index (χ2v) is 22.7. The highest BCUT2D eigenvalue weighted by Crippen LogP contribution is 2.65. The van der Waals surface area contributed by atoms with Crippen molar-refractivity contribution >= 4 is 17.1 Å². The lowest BCUT2D eigenvalue weighted by molar-refractivity contribution is 0.584. The van der Waals surface area contributed by atoms with Gasteiger partial charge in [0.25, 0.3) is 0 Å². The predicted octanol–water partition coefficient (Wildman–Crippen LogP) is 17.4. The van der Waals surface area contributed by atoms with Crippen LogP contribution in [0.1, 0.15) is 126 Å². The molecule has 1 heteroatoms. The standard InChI is InChI=1S/C64H61N/c1-60(2,3)42-23-30-50-51-31-24-43(61(4,5)6)36-57(51)64(56(50)35-42)58-37-44(62(7,8)9)25-32-52(58)53-34-29-47(39-59(53)64)65(45-26-21-41(22-27-45)40-17-13-12-14-18-40)46-28-33-49-48-19-15-16-20-54(48)63(10,11)55(49)38-46/h12-39H,1-11H3. The molecule has 0 radical (unpaired) electrons. The Hall–Kier alpha value is -6.44. The van der Waals surface area contributed by atoms with Gasteiger partial charge in [-0.3, -0.25) is 0 Å². The van der Waals surface area contributed by atoms with Crippen molar-refractivity contribution in [3.8, 4) is 44.5 Å². The summed E-state index contributed by atoms with van der Waals surface area (Å²) < 4.78 is 0. The van der Waals surface area contributed by atoms with Crippen LogP contribution in [0.2, 0.25) is 0 Å². The van der Waals surface area contributed by atoms with Gasteiger partial charge in [0.1, 0.15) is 0 Å². The summed E-state index contributed by atoms with van der Waals surface area (Å²) in [6, 6.07) is 65.6. The summed E-state index contributed by atoms with van der Waals surface area (Å²) in [5, 5.41) is 0. The molecule has 0 saturated carbocycles. The molecule has 0 heterocycles. The summed E-state index contributed by atoms with van der Waals surface area (Å²) in [6.45, 7) is 25.9. The molecule has 65 heavy (non-hydrogen) atoms. The molecule has 8 aromatic rings. The van der Waals surface area contributed by atoms with E-state index in [1.807, 2.05) is 0 Å². The molecule has 322 valence electrons. The monoisotopic (exact) mass is 843 g/mol. The number of anilines is 3. The first kappa shape index (κ1) is 41.3. The van der Waals surface area contributed by atoms with E-state index in [1.165, 1.54) is 94.6 Å². The van der Waals surface area contributed by atoms with Crippen LogP contribution in [0.25, 0.3) is 44.5 Å². The van der Waals surface area contributed by atoms with Crippen molar-refractivity contribution in [2.75, 3.05) is 4.90 Å². The molecule has 0 N–H and O–H groups in total. The second-order valence-electron chi connectivity index (χ2n) is 22.7. The minimum Gasteiger partial charge on any atom is -0.310 e. The van der Waals surface area contributed by atoms with Gasteiger partial charge in [0.2, 0.25) is 0 Å². The number of fused-ring (bicyclic) bond motifs is 13. The summed E-state index contributed by atoms with van der Waals surface area (Å²) in [4.78, 5) is 2.51. The average Bonchev–Trinajstić information content (AvgIpc) is 3.83. The first-order valence-corrected chi connectivity index (χ1v) is 23.7. The molecule has 1 nitrogen and oxygen atoms in total. The Bertz CT molecular complexity index is 3110. The van der Waals surface area contributed by atoms with Crippen LogP contribution in [0.15, 0.2) is 170 Å². The molecule has 8 aromatic carbocycles. The van der Waals surface area contributed by atoms with Crippen LogP contribution in [-0.4, -0.2) is 0 Å². The van der Waals surface area contributed by atoms with Gasteiger partial charge in [-0.05, 0) is 147 Å². The highest BCUT2D eigenvalue weighted by Gasteiger charge is 2.53. The van der Waals surface area contributed by atoms with Gasteiger partial charge in [0.05, 0.1) is 5.41 Å². The molecule has 0 amide bonds. The van der Waals surface area contributed by atoms with Gasteiger partial charge in [0.15, 0.2) is 0 Å². The van der Waals surface area contributed by atoms with Crippen molar-refractivity contribution in [1.29, 1.82) is 0 Å². The van der Waals surface area contributed by atoms with E-state index >= 15 is 0 Å². The fourth-order valence-electron chi connectivity index (χ4n) is 11.5. The van der Waals surface area contributed by atoms with Gasteiger partial charge in [-0.15, -0.1) is 0 Å². The SMILES string of the molecule is CC(C)(C)c1ccc2c(c1)C1(c3cc(N(c4ccc(-c5ccccc5)cc4)c4ccc5c(c4)C(C)(C)c4ccccc4-5)ccc3-2)c2cc(C(C)(C)C)ccc2-c2ccc(C(C)(C)C)cc21. The lowest BCUT2D eigenvalue weighted by atomic mass is 9.68. The molecule has 11 rings (SSSR count). The molecule has 3 aliphatic rings. The van der Waals surface area contributed by atoms with Gasteiger partial charge in [0, 0.05) is 22.5 Å². The van der Waals surface area contributed by atoms with Crippen LogP contribution in [0.3, 0.4) is 0 Å². The first-order chi connectivity index (χ1) is 30.9. The smallest absolute Gasteiger partial charge is 0.0726 e. The molecule has 0 aromatic heterocycles. The zero-order chi connectivity index (χ0) is 45.4. The van der Waals surface area contributed by atoms with E-state index in [0.717, 1.165) is 17.1 Å². The van der Waals surface area contributed by atoms with E-state index < -0.39 is 5.41 Å². The van der Waals surface area contributed by atoms with Crippen molar-refractivity contribution in [1.82, 2.24) is 0 Å². The van der Waals surface area contributed by atoms with Crippen LogP contribution in [0.4, 0.5) is 17.1 Å². The van der Waals surface area contributed by atoms with Gasteiger partial charge in [-0.1, -0.05) is 210 Å². The number of rotatable bonds is 4. The number of hydrogen-bond acceptors (Lipinski definition) is 1. The maximum absolute atomic E-state index is 2.57. The van der Waals surface area contributed by atoms with Crippen molar-refractivity contribution < 1.29 is 0 Å². The average molecular weight is 844 g/mol. The van der Waals surface area contributed by atoms with Crippen molar-refractivity contribution in [3.05, 3.63) is 220 Å². The van der Waals surface area contributed by atoms with Crippen LogP contribution >= 0.6 is 0 Å². The van der Waals surface area contributed by atoms with Gasteiger partial charge < -0.3 is 4.90 Å². The lowest BCUT2D eigenvalue weighted by Gasteiger charge is -2.34. The van der Waals surface area contributed by atoms with Gasteiger partial charge >= 0.3 is 0 Å². The zero-order valence-corrected chi connectivity index (χ0v) is 40.1. The Balaban J connectivity index is 1.20. The molecule has 0 fully saturated rings. The number of nitrogens with zero attached hydrogens (tertiary/aromatic N) is 1. The Labute approximate surface area is 387 Å². The topological polar surface area (TPSA) is 3.24 Å². The van der Waals surface area contributed by atoms with Crippen molar-refractivity contribution in [3.63, 3.8) is 0 Å². The third-order valence-corrected chi connectivity index (χ3v) is 15.2. The Morgan fingerprint density at radius 3 is 1.14 bits per heavy atom. The fourth-order valence-corrected chi connectivity index (χ4v) is 11.5. The third kappa shape index (κ3) is 6.18. The van der Waals surface area contributed by atoms with Crippen LogP contribution in [0, 0.1) is 0 Å². The Morgan fingerprint density at radius 1 is 0.308 bits per heavy atom. The highest BCUT2D eigenvalue weighted by atomic mass is 15.1. The number of benzene rings is 8. The summed E-state index contributed by atoms with van der Waals surface area (Å²) in [6.07, 6.45) is 0. The maximum atomic E-state index is 2.57. The molecular weight excluding hydrogens is 783 g/mol. The summed E-state index contributed by atoms with van der Waals surface area (Å²) >= 11 is 0. The summed E-state index contributed by atoms with van der Waals surface area (Å²) in [7, 11) is 0. The fraction of sp³-hybridized carbons (Fsp3) is 0.250. The maximum Gasteiger partial charge on any atom is 0.0726 e. The number of hydrogen-bond donors (Lipinski definition) is 0. The van der Waals surface area contributed by atoms with E-state index in [0.29, 0.717) is 0 Å². The quantitative estimate of drug-likeness (QED) is 0.171. The van der Waals surface area contributed by atoms with E-state index in [4.69, 9.17) is 0 Å². The van der Waals surface area contributed by atoms with Gasteiger partial charge in [-0.25, -0.2) is 0 Å². The Kier molecular flexibility index (Phi) is 8.91. The van der Waals surface area contributed by atoms with E-state index in [1.54, 1.807) is 0 Å². The molecule has 0 saturated heterocycles. The third-order valence-electron chi connectivity index (χ3n) is 15.2. The van der Waals surface area contributed by atoms with Crippen LogP contribution in [0.5, 0.6) is 0 Å². The molecule has 3 aliphatic carbocycles. The zero-order valence-electron chi connectivity index (χ0n) is 40.1. The molecule has 1 spiro atoms. The predicted molar refractivity (Wildman–Crippen MR) is 277 cm³/mol. The summed E-state index contributed by atoms with van der Waals surface area (Å²) in [5.41, 5.74) is 25.5. The highest BCUT2D eigenvalue weighted by molar-refractivity contribution is 5.97. The molecular formula is C64H61N. The molecule has 0 bridgehead atoms. The first-order valence-electron chi connectivity index (χ1n) is 23.7. The molecule has 0 atom stereocenters. The van der Waals surface area contributed by atoms with Crippen LogP contribution < -0.4 is 4.90 Å². The lowest BCUT2D eigenvalue weighted by Crippen LogP contribution is -2.28. The van der Waals surface area contributed by atoms with E-state index in [-0.39, 0.29) is 21.7 Å². The Morgan fingerprint density at radius 2 is 0.662 bits per heavy atom. The molecule has 0 unspecified atom stereocenters. The largest absolute Gasteiger partial charge is 0.310 e. The second kappa shape index (κ2) is 14.0. The van der Waals surface area contributed by atoms with Crippen LogP contribution in [-0.2, 0) is 27.1 Å². The van der Waals surface area contributed by atoms with Crippen molar-refractivity contribution in [2.24, 2.45) is 0 Å². The molecule has 0 aliphatic heterocycles. The van der Waals surface area contributed by atoms with Gasteiger partial charge in [-0.2, -0.15) is 0 Å². The minimum absolute atomic E-state index is 0.0232. The van der Waals surface area contributed by atoms with Crippen molar-refractivity contribution in [2.45, 2.75) is 103 Å². The summed E-state index contributed by atoms with van der Waals surface area (Å²) in [5.74, 6) is 0. The van der Waals surface area contributed by atoms with E-state index in [2.05, 4.69) is 251 Å². The minimum atomic E-state index is -0.528. The van der Waals surface area contributed by atoms with E-state index in [9.17, 15) is 0 Å². The normalized spacial score (nSPS) is 14.9.